The molecule has 0 N–H and O–H groups in total. The molecule has 0 atom stereocenters. The minimum atomic E-state index is -4.67. The number of rotatable bonds is 4. The van der Waals surface area contributed by atoms with Crippen LogP contribution in [-0.4, -0.2) is 20.5 Å². The van der Waals surface area contributed by atoms with Gasteiger partial charge in [-0.05, 0) is 24.3 Å². The molecular weight excluding hydrogens is 323 g/mol. The van der Waals surface area contributed by atoms with Gasteiger partial charge in [0.15, 0.2) is 0 Å². The van der Waals surface area contributed by atoms with Crippen molar-refractivity contribution in [1.82, 2.24) is 14.5 Å². The van der Waals surface area contributed by atoms with Crippen LogP contribution in [0.3, 0.4) is 0 Å². The van der Waals surface area contributed by atoms with E-state index in [1.54, 1.807) is 30.3 Å². The van der Waals surface area contributed by atoms with Gasteiger partial charge in [-0.2, -0.15) is 13.2 Å². The lowest BCUT2D eigenvalue weighted by atomic mass is 10.3. The van der Waals surface area contributed by atoms with Crippen LogP contribution in [0.25, 0.3) is 11.0 Å². The number of para-hydroxylation sites is 2. The number of pyridine rings is 1. The Balaban J connectivity index is 1.82. The van der Waals surface area contributed by atoms with Crippen LogP contribution >= 0.6 is 0 Å². The second-order valence-corrected chi connectivity index (χ2v) is 4.99. The summed E-state index contributed by atoms with van der Waals surface area (Å²) in [5, 5.41) is 0. The largest absolute Gasteiger partial charge is 0.458 e. The maximum absolute atomic E-state index is 13.1. The van der Waals surface area contributed by atoms with E-state index < -0.39 is 24.5 Å². The number of nitrogens with zero attached hydrogens (tertiary/aromatic N) is 3. The number of benzene rings is 1. The van der Waals surface area contributed by atoms with E-state index in [9.17, 15) is 18.0 Å². The van der Waals surface area contributed by atoms with Crippen LogP contribution in [0.5, 0.6) is 0 Å². The predicted molar refractivity (Wildman–Crippen MR) is 78.8 cm³/mol. The maximum atomic E-state index is 13.1. The third-order valence-corrected chi connectivity index (χ3v) is 3.30. The fourth-order valence-electron chi connectivity index (χ4n) is 2.26. The fourth-order valence-corrected chi connectivity index (χ4v) is 2.26. The molecular formula is C16H12F3N3O2. The number of imidazole rings is 1. The number of hydrogen-bond donors (Lipinski definition) is 0. The summed E-state index contributed by atoms with van der Waals surface area (Å²) in [6.45, 7) is -0.685. The molecule has 0 bridgehead atoms. The molecule has 2 aromatic heterocycles. The molecule has 0 spiro atoms. The highest BCUT2D eigenvalue weighted by molar-refractivity contribution is 5.79. The molecule has 3 aromatic rings. The van der Waals surface area contributed by atoms with Crippen molar-refractivity contribution in [2.24, 2.45) is 0 Å². The van der Waals surface area contributed by atoms with Crippen molar-refractivity contribution in [2.75, 3.05) is 0 Å². The number of alkyl halides is 3. The monoisotopic (exact) mass is 335 g/mol. The Kier molecular flexibility index (Phi) is 4.20. The highest BCUT2D eigenvalue weighted by Gasteiger charge is 2.38. The van der Waals surface area contributed by atoms with Crippen molar-refractivity contribution in [3.8, 4) is 0 Å². The number of carbonyl (C=O) groups excluding carboxylic acids is 1. The minimum absolute atomic E-state index is 0.104. The Hall–Kier alpha value is -2.90. The SMILES string of the molecule is O=C(Cn1c(C(F)(F)F)nc2ccccc21)OCc1ccccn1. The van der Waals surface area contributed by atoms with Gasteiger partial charge in [-0.1, -0.05) is 18.2 Å². The van der Waals surface area contributed by atoms with Gasteiger partial charge in [-0.15, -0.1) is 0 Å². The molecule has 8 heteroatoms. The zero-order valence-electron chi connectivity index (χ0n) is 12.3. The van der Waals surface area contributed by atoms with Crippen LogP contribution < -0.4 is 0 Å². The molecule has 24 heavy (non-hydrogen) atoms. The van der Waals surface area contributed by atoms with Gasteiger partial charge in [0, 0.05) is 6.20 Å². The first-order chi connectivity index (χ1) is 11.4. The average molecular weight is 335 g/mol. The number of aromatic nitrogens is 3. The van der Waals surface area contributed by atoms with E-state index in [1.165, 1.54) is 18.3 Å². The summed E-state index contributed by atoms with van der Waals surface area (Å²) >= 11 is 0. The number of carbonyl (C=O) groups is 1. The zero-order valence-corrected chi connectivity index (χ0v) is 12.3. The molecule has 3 rings (SSSR count). The third kappa shape index (κ3) is 3.37. The van der Waals surface area contributed by atoms with Crippen molar-refractivity contribution in [2.45, 2.75) is 19.3 Å². The van der Waals surface area contributed by atoms with Crippen LogP contribution in [-0.2, 0) is 28.9 Å². The lowest BCUT2D eigenvalue weighted by Gasteiger charge is -2.11. The molecule has 0 saturated heterocycles. The van der Waals surface area contributed by atoms with Crippen molar-refractivity contribution in [3.05, 3.63) is 60.2 Å². The van der Waals surface area contributed by atoms with Crippen LogP contribution in [0.4, 0.5) is 13.2 Å². The third-order valence-electron chi connectivity index (χ3n) is 3.30. The van der Waals surface area contributed by atoms with Gasteiger partial charge in [0.1, 0.15) is 13.2 Å². The Bertz CT molecular complexity index is 860. The van der Waals surface area contributed by atoms with E-state index in [0.29, 0.717) is 5.69 Å². The molecule has 0 aliphatic heterocycles. The van der Waals surface area contributed by atoms with Crippen LogP contribution in [0.15, 0.2) is 48.7 Å². The van der Waals surface area contributed by atoms with E-state index in [0.717, 1.165) is 4.57 Å². The summed E-state index contributed by atoms with van der Waals surface area (Å²) in [5.74, 6) is -1.92. The minimum Gasteiger partial charge on any atom is -0.458 e. The maximum Gasteiger partial charge on any atom is 0.449 e. The topological polar surface area (TPSA) is 57.0 Å². The van der Waals surface area contributed by atoms with Gasteiger partial charge in [0.25, 0.3) is 0 Å². The van der Waals surface area contributed by atoms with E-state index in [4.69, 9.17) is 4.74 Å². The molecule has 0 saturated carbocycles. The standard InChI is InChI=1S/C16H12F3N3O2/c17-16(18,19)15-21-12-6-1-2-7-13(12)22(15)9-14(23)24-10-11-5-3-4-8-20-11/h1-8H,9-10H2. The summed E-state index contributed by atoms with van der Waals surface area (Å²) in [4.78, 5) is 19.5. The molecule has 0 aliphatic rings. The molecule has 2 heterocycles. The van der Waals surface area contributed by atoms with Gasteiger partial charge in [-0.3, -0.25) is 9.78 Å². The molecule has 124 valence electrons. The Morgan fingerprint density at radius 3 is 2.58 bits per heavy atom. The van der Waals surface area contributed by atoms with Crippen molar-refractivity contribution < 1.29 is 22.7 Å². The van der Waals surface area contributed by atoms with Crippen molar-refractivity contribution in [1.29, 1.82) is 0 Å². The number of fused-ring (bicyclic) bond motifs is 1. The van der Waals surface area contributed by atoms with Crippen molar-refractivity contribution >= 4 is 17.0 Å². The highest BCUT2D eigenvalue weighted by Crippen LogP contribution is 2.31. The van der Waals surface area contributed by atoms with Gasteiger partial charge >= 0.3 is 12.1 Å². The van der Waals surface area contributed by atoms with E-state index in [1.807, 2.05) is 0 Å². The quantitative estimate of drug-likeness (QED) is 0.687. The highest BCUT2D eigenvalue weighted by atomic mass is 19.4. The molecule has 1 aromatic carbocycles. The van der Waals surface area contributed by atoms with Gasteiger partial charge < -0.3 is 9.30 Å². The van der Waals surface area contributed by atoms with Crippen LogP contribution in [0.2, 0.25) is 0 Å². The number of hydrogen-bond acceptors (Lipinski definition) is 4. The smallest absolute Gasteiger partial charge is 0.449 e. The van der Waals surface area contributed by atoms with Gasteiger partial charge in [0.2, 0.25) is 5.82 Å². The number of ether oxygens (including phenoxy) is 1. The van der Waals surface area contributed by atoms with Crippen LogP contribution in [0.1, 0.15) is 11.5 Å². The molecule has 0 amide bonds. The molecule has 0 fully saturated rings. The second kappa shape index (κ2) is 6.31. The zero-order chi connectivity index (χ0) is 17.2. The summed E-state index contributed by atoms with van der Waals surface area (Å²) in [6.07, 6.45) is -3.13. The summed E-state index contributed by atoms with van der Waals surface area (Å²) < 4.78 is 45.2. The fraction of sp³-hybridized carbons (Fsp3) is 0.188. The van der Waals surface area contributed by atoms with E-state index >= 15 is 0 Å². The number of halogens is 3. The first-order valence-corrected chi connectivity index (χ1v) is 7.03. The van der Waals surface area contributed by atoms with E-state index in [2.05, 4.69) is 9.97 Å². The molecule has 0 radical (unpaired) electrons. The lowest BCUT2D eigenvalue weighted by molar-refractivity contribution is -0.151. The molecule has 0 unspecified atom stereocenters. The first kappa shape index (κ1) is 16.0. The summed E-state index contributed by atoms with van der Waals surface area (Å²) in [5.41, 5.74) is 0.902. The molecule has 0 aliphatic carbocycles. The predicted octanol–water partition coefficient (Wildman–Crippen LogP) is 3.19. The normalized spacial score (nSPS) is 11.6. The molecule has 5 nitrogen and oxygen atoms in total. The first-order valence-electron chi connectivity index (χ1n) is 7.03. The lowest BCUT2D eigenvalue weighted by Crippen LogP contribution is -2.20. The summed E-state index contributed by atoms with van der Waals surface area (Å²) in [7, 11) is 0. The Morgan fingerprint density at radius 2 is 1.88 bits per heavy atom. The van der Waals surface area contributed by atoms with Gasteiger partial charge in [0.05, 0.1) is 16.7 Å². The van der Waals surface area contributed by atoms with Crippen molar-refractivity contribution in [3.63, 3.8) is 0 Å². The summed E-state index contributed by atoms with van der Waals surface area (Å²) in [6, 6.07) is 11.2. The second-order valence-electron chi connectivity index (χ2n) is 4.99. The Morgan fingerprint density at radius 1 is 1.12 bits per heavy atom. The average Bonchev–Trinajstić information content (AvgIpc) is 2.93. The number of esters is 1. The van der Waals surface area contributed by atoms with E-state index in [-0.39, 0.29) is 17.6 Å². The van der Waals surface area contributed by atoms with Gasteiger partial charge in [-0.25, -0.2) is 4.98 Å². The Labute approximate surface area is 134 Å². The van der Waals surface area contributed by atoms with Crippen LogP contribution in [0, 0.1) is 0 Å².